The van der Waals surface area contributed by atoms with Crippen molar-refractivity contribution in [2.45, 2.75) is 19.9 Å². The lowest BCUT2D eigenvalue weighted by Gasteiger charge is -2.27. The molecule has 156 valence electrons. The predicted octanol–water partition coefficient (Wildman–Crippen LogP) is 4.02. The highest BCUT2D eigenvalue weighted by atomic mass is 79.9. The van der Waals surface area contributed by atoms with Crippen molar-refractivity contribution in [3.8, 4) is 5.75 Å². The van der Waals surface area contributed by atoms with Crippen LogP contribution in [0.15, 0.2) is 46.9 Å². The summed E-state index contributed by atoms with van der Waals surface area (Å²) in [5.41, 5.74) is -0.702. The minimum Gasteiger partial charge on any atom is -0.492 e. The Hall–Kier alpha value is -2.48. The summed E-state index contributed by atoms with van der Waals surface area (Å²) in [6, 6.07) is 9.52. The molecule has 0 aromatic heterocycles. The average Bonchev–Trinajstić information content (AvgIpc) is 2.66. The Balaban J connectivity index is 1.98. The van der Waals surface area contributed by atoms with Crippen molar-refractivity contribution >= 4 is 27.7 Å². The molecule has 29 heavy (non-hydrogen) atoms. The third kappa shape index (κ3) is 6.25. The number of halogens is 3. The second kappa shape index (κ2) is 10.3. The van der Waals surface area contributed by atoms with Gasteiger partial charge in [0, 0.05) is 11.5 Å². The van der Waals surface area contributed by atoms with Crippen LogP contribution < -0.4 is 10.1 Å². The molecule has 2 aromatic rings. The van der Waals surface area contributed by atoms with Gasteiger partial charge in [0.1, 0.15) is 35.6 Å². The van der Waals surface area contributed by atoms with Crippen molar-refractivity contribution in [3.05, 3.63) is 64.1 Å². The van der Waals surface area contributed by atoms with Gasteiger partial charge in [-0.15, -0.1) is 0 Å². The maximum atomic E-state index is 13.8. The van der Waals surface area contributed by atoms with Gasteiger partial charge in [-0.3, -0.25) is 9.59 Å². The quantitative estimate of drug-likeness (QED) is 0.636. The number of nitrogens with zero attached hydrogens (tertiary/aromatic N) is 1. The van der Waals surface area contributed by atoms with E-state index < -0.39 is 29.1 Å². The second-order valence-electron chi connectivity index (χ2n) is 6.85. The van der Waals surface area contributed by atoms with Crippen LogP contribution in [0.5, 0.6) is 5.75 Å². The molecule has 0 spiro atoms. The van der Waals surface area contributed by atoms with Gasteiger partial charge in [-0.05, 0) is 42.3 Å². The normalized spacial score (nSPS) is 11.8. The Morgan fingerprint density at radius 3 is 2.24 bits per heavy atom. The van der Waals surface area contributed by atoms with Gasteiger partial charge < -0.3 is 15.0 Å². The number of likely N-dealkylation sites (N-methyl/N-ethyl adjacent to an activating group) is 1. The first-order chi connectivity index (χ1) is 13.7. The highest BCUT2D eigenvalue weighted by Crippen LogP contribution is 2.16. The highest BCUT2D eigenvalue weighted by molar-refractivity contribution is 9.10. The van der Waals surface area contributed by atoms with Crippen molar-refractivity contribution in [1.82, 2.24) is 10.2 Å². The van der Waals surface area contributed by atoms with Crippen molar-refractivity contribution in [3.63, 3.8) is 0 Å². The van der Waals surface area contributed by atoms with Gasteiger partial charge in [0.2, 0.25) is 5.91 Å². The van der Waals surface area contributed by atoms with Crippen molar-refractivity contribution in [1.29, 1.82) is 0 Å². The van der Waals surface area contributed by atoms with Crippen LogP contribution in [0.3, 0.4) is 0 Å². The van der Waals surface area contributed by atoms with Crippen molar-refractivity contribution < 1.29 is 23.1 Å². The largest absolute Gasteiger partial charge is 0.492 e. The molecular formula is C21H23BrF2N2O3. The van der Waals surface area contributed by atoms with Crippen LogP contribution in [-0.2, 0) is 4.79 Å². The van der Waals surface area contributed by atoms with Crippen LogP contribution in [0.1, 0.15) is 24.2 Å². The SMILES string of the molecule is CC(C)[C@H](NC(=O)c1c(F)cccc1F)C(=O)N(C)CCOc1ccc(Br)cc1. The highest BCUT2D eigenvalue weighted by Gasteiger charge is 2.29. The van der Waals surface area contributed by atoms with Gasteiger partial charge in [-0.2, -0.15) is 0 Å². The molecule has 2 aromatic carbocycles. The third-order valence-electron chi connectivity index (χ3n) is 4.29. The first kappa shape index (κ1) is 22.8. The minimum absolute atomic E-state index is 0.255. The third-order valence-corrected chi connectivity index (χ3v) is 4.82. The molecule has 2 amide bonds. The zero-order valence-electron chi connectivity index (χ0n) is 16.4. The van der Waals surface area contributed by atoms with E-state index in [1.165, 1.54) is 11.0 Å². The molecule has 0 heterocycles. The second-order valence-corrected chi connectivity index (χ2v) is 7.77. The lowest BCUT2D eigenvalue weighted by atomic mass is 10.0. The van der Waals surface area contributed by atoms with Gasteiger partial charge in [-0.25, -0.2) is 8.78 Å². The molecule has 0 saturated heterocycles. The summed E-state index contributed by atoms with van der Waals surface area (Å²) in [4.78, 5) is 26.6. The van der Waals surface area contributed by atoms with Crippen LogP contribution in [-0.4, -0.2) is 43.0 Å². The number of amides is 2. The maximum absolute atomic E-state index is 13.8. The first-order valence-corrected chi connectivity index (χ1v) is 9.88. The Morgan fingerprint density at radius 1 is 1.10 bits per heavy atom. The molecule has 0 fully saturated rings. The lowest BCUT2D eigenvalue weighted by molar-refractivity contribution is -0.133. The van der Waals surface area contributed by atoms with Crippen LogP contribution in [0.2, 0.25) is 0 Å². The first-order valence-electron chi connectivity index (χ1n) is 9.09. The lowest BCUT2D eigenvalue weighted by Crippen LogP contribution is -2.51. The summed E-state index contributed by atoms with van der Waals surface area (Å²) < 4.78 is 34.2. The molecule has 0 saturated carbocycles. The minimum atomic E-state index is -0.978. The smallest absolute Gasteiger partial charge is 0.257 e. The average molecular weight is 469 g/mol. The van der Waals surface area contributed by atoms with E-state index in [0.717, 1.165) is 16.6 Å². The molecule has 1 atom stereocenters. The standard InChI is InChI=1S/C21H23BrF2N2O3/c1-13(2)19(25-20(27)18-16(23)5-4-6-17(18)24)21(28)26(3)11-12-29-15-9-7-14(22)8-10-15/h4-10,13,19H,11-12H2,1-3H3,(H,25,27)/t19-/m0/s1. The number of hydrogen-bond donors (Lipinski definition) is 1. The monoisotopic (exact) mass is 468 g/mol. The van der Waals surface area contributed by atoms with Gasteiger partial charge >= 0.3 is 0 Å². The summed E-state index contributed by atoms with van der Waals surface area (Å²) in [5, 5.41) is 2.45. The fourth-order valence-corrected chi connectivity index (χ4v) is 2.88. The fraction of sp³-hybridized carbons (Fsp3) is 0.333. The predicted molar refractivity (Wildman–Crippen MR) is 110 cm³/mol. The number of nitrogens with one attached hydrogen (secondary N) is 1. The molecule has 0 unspecified atom stereocenters. The number of rotatable bonds is 8. The number of carbonyl (C=O) groups excluding carboxylic acids is 2. The zero-order valence-corrected chi connectivity index (χ0v) is 18.0. The van der Waals surface area contributed by atoms with E-state index >= 15 is 0 Å². The van der Waals surface area contributed by atoms with Crippen molar-refractivity contribution in [2.75, 3.05) is 20.2 Å². The van der Waals surface area contributed by atoms with E-state index in [1.54, 1.807) is 33.0 Å². The van der Waals surface area contributed by atoms with Crippen molar-refractivity contribution in [2.24, 2.45) is 5.92 Å². The topological polar surface area (TPSA) is 58.6 Å². The fourth-order valence-electron chi connectivity index (χ4n) is 2.62. The number of hydrogen-bond acceptors (Lipinski definition) is 3. The molecule has 0 aliphatic rings. The van der Waals surface area contributed by atoms with Gasteiger partial charge in [0.25, 0.3) is 5.91 Å². The summed E-state index contributed by atoms with van der Waals surface area (Å²) >= 11 is 3.34. The Kier molecular flexibility index (Phi) is 8.13. The molecule has 0 radical (unpaired) electrons. The molecule has 1 N–H and O–H groups in total. The molecule has 8 heteroatoms. The molecule has 0 aliphatic carbocycles. The van der Waals surface area contributed by atoms with Gasteiger partial charge in [0.05, 0.1) is 6.54 Å². The van der Waals surface area contributed by atoms with E-state index in [9.17, 15) is 18.4 Å². The van der Waals surface area contributed by atoms with Crippen LogP contribution >= 0.6 is 15.9 Å². The van der Waals surface area contributed by atoms with Gasteiger partial charge in [0.15, 0.2) is 0 Å². The zero-order chi connectivity index (χ0) is 21.6. The summed E-state index contributed by atoms with van der Waals surface area (Å²) in [6.07, 6.45) is 0. The molecule has 5 nitrogen and oxygen atoms in total. The van der Waals surface area contributed by atoms with E-state index in [2.05, 4.69) is 21.2 Å². The Bertz CT molecular complexity index is 839. The Labute approximate surface area is 177 Å². The van der Waals surface area contributed by atoms with E-state index in [0.29, 0.717) is 5.75 Å². The van der Waals surface area contributed by atoms with Gasteiger partial charge in [-0.1, -0.05) is 35.8 Å². The summed E-state index contributed by atoms with van der Waals surface area (Å²) in [6.45, 7) is 4.02. The number of ether oxygens (including phenoxy) is 1. The van der Waals surface area contributed by atoms with E-state index in [4.69, 9.17) is 4.74 Å². The molecule has 2 rings (SSSR count). The van der Waals surface area contributed by atoms with Crippen LogP contribution in [0, 0.1) is 17.6 Å². The van der Waals surface area contributed by atoms with Crippen LogP contribution in [0.25, 0.3) is 0 Å². The van der Waals surface area contributed by atoms with E-state index in [1.807, 2.05) is 12.1 Å². The summed E-state index contributed by atoms with van der Waals surface area (Å²) in [7, 11) is 1.58. The Morgan fingerprint density at radius 2 is 1.69 bits per heavy atom. The molecule has 0 bridgehead atoms. The summed E-state index contributed by atoms with van der Waals surface area (Å²) in [5.74, 6) is -2.91. The molecular weight excluding hydrogens is 446 g/mol. The van der Waals surface area contributed by atoms with Crippen LogP contribution in [0.4, 0.5) is 8.78 Å². The number of carbonyl (C=O) groups is 2. The maximum Gasteiger partial charge on any atom is 0.257 e. The number of benzene rings is 2. The van der Waals surface area contributed by atoms with E-state index in [-0.39, 0.29) is 25.0 Å². The molecule has 0 aliphatic heterocycles.